The third-order valence-corrected chi connectivity index (χ3v) is 3.37. The van der Waals surface area contributed by atoms with Gasteiger partial charge in [-0.1, -0.05) is 12.8 Å². The van der Waals surface area contributed by atoms with Crippen LogP contribution in [0.25, 0.3) is 0 Å². The fourth-order valence-electron chi connectivity index (χ4n) is 2.23. The topological polar surface area (TPSA) is 42.2 Å². The molecule has 0 aromatic heterocycles. The quantitative estimate of drug-likeness (QED) is 0.799. The maximum Gasteiger partial charge on any atom is 0.119 e. The van der Waals surface area contributed by atoms with Crippen molar-refractivity contribution in [1.82, 2.24) is 0 Å². The maximum absolute atomic E-state index is 9.23. The molecule has 3 heteroatoms. The van der Waals surface area contributed by atoms with Crippen molar-refractivity contribution in [1.29, 1.82) is 5.26 Å². The summed E-state index contributed by atoms with van der Waals surface area (Å²) in [5.74, 6) is 1.61. The number of benzene rings is 1. The summed E-state index contributed by atoms with van der Waals surface area (Å²) in [5, 5.41) is 9.23. The van der Waals surface area contributed by atoms with Crippen LogP contribution in [0, 0.1) is 16.7 Å². The molecule has 1 aromatic carbocycles. The maximum atomic E-state index is 9.23. The average Bonchev–Trinajstić information content (AvgIpc) is 2.86. The number of rotatable bonds is 4. The zero-order chi connectivity index (χ0) is 12.1. The summed E-state index contributed by atoms with van der Waals surface area (Å²) in [5.41, 5.74) is -0.264. The van der Waals surface area contributed by atoms with Gasteiger partial charge in [-0.05, 0) is 37.1 Å². The van der Waals surface area contributed by atoms with Crippen LogP contribution in [0.4, 0.5) is 0 Å². The lowest BCUT2D eigenvalue weighted by Gasteiger charge is -2.20. The largest absolute Gasteiger partial charge is 0.497 e. The van der Waals surface area contributed by atoms with E-state index >= 15 is 0 Å². The van der Waals surface area contributed by atoms with Crippen LogP contribution in [-0.4, -0.2) is 13.7 Å². The van der Waals surface area contributed by atoms with Gasteiger partial charge in [0.2, 0.25) is 0 Å². The van der Waals surface area contributed by atoms with Crippen molar-refractivity contribution >= 4 is 0 Å². The summed E-state index contributed by atoms with van der Waals surface area (Å²) in [6.45, 7) is 0.496. The number of hydrogen-bond acceptors (Lipinski definition) is 3. The molecule has 1 saturated carbocycles. The molecule has 0 unspecified atom stereocenters. The van der Waals surface area contributed by atoms with Gasteiger partial charge in [-0.15, -0.1) is 0 Å². The van der Waals surface area contributed by atoms with Gasteiger partial charge < -0.3 is 9.47 Å². The van der Waals surface area contributed by atoms with Gasteiger partial charge in [0.1, 0.15) is 18.1 Å². The number of nitrogens with zero attached hydrogens (tertiary/aromatic N) is 1. The Kier molecular flexibility index (Phi) is 3.53. The molecule has 0 saturated heterocycles. The van der Waals surface area contributed by atoms with Crippen LogP contribution >= 0.6 is 0 Å². The van der Waals surface area contributed by atoms with Gasteiger partial charge in [0, 0.05) is 0 Å². The van der Waals surface area contributed by atoms with E-state index in [0.29, 0.717) is 6.61 Å². The highest BCUT2D eigenvalue weighted by atomic mass is 16.5. The predicted molar refractivity (Wildman–Crippen MR) is 65.0 cm³/mol. The molecule has 0 atom stereocenters. The van der Waals surface area contributed by atoms with Crippen LogP contribution in [0.1, 0.15) is 25.7 Å². The van der Waals surface area contributed by atoms with E-state index in [-0.39, 0.29) is 5.41 Å². The van der Waals surface area contributed by atoms with E-state index in [1.54, 1.807) is 7.11 Å². The van der Waals surface area contributed by atoms with E-state index in [2.05, 4.69) is 6.07 Å². The van der Waals surface area contributed by atoms with Crippen LogP contribution in [0.3, 0.4) is 0 Å². The van der Waals surface area contributed by atoms with Crippen molar-refractivity contribution in [2.75, 3.05) is 13.7 Å². The molecule has 1 fully saturated rings. The zero-order valence-electron chi connectivity index (χ0n) is 10.1. The lowest BCUT2D eigenvalue weighted by atomic mass is 9.89. The molecule has 90 valence electrons. The molecule has 0 N–H and O–H groups in total. The normalized spacial score (nSPS) is 17.4. The first-order valence-corrected chi connectivity index (χ1v) is 5.96. The van der Waals surface area contributed by atoms with Crippen molar-refractivity contribution in [3.05, 3.63) is 24.3 Å². The van der Waals surface area contributed by atoms with E-state index < -0.39 is 0 Å². The first-order chi connectivity index (χ1) is 8.28. The lowest BCUT2D eigenvalue weighted by Crippen LogP contribution is -2.23. The molecule has 0 amide bonds. The van der Waals surface area contributed by atoms with E-state index in [9.17, 15) is 5.26 Å². The van der Waals surface area contributed by atoms with Crippen molar-refractivity contribution in [3.63, 3.8) is 0 Å². The molecular formula is C14H17NO2. The summed E-state index contributed by atoms with van der Waals surface area (Å²) in [7, 11) is 1.64. The van der Waals surface area contributed by atoms with Crippen molar-refractivity contribution in [2.24, 2.45) is 5.41 Å². The second kappa shape index (κ2) is 5.09. The monoisotopic (exact) mass is 231 g/mol. The van der Waals surface area contributed by atoms with Gasteiger partial charge in [0.25, 0.3) is 0 Å². The van der Waals surface area contributed by atoms with Crippen molar-refractivity contribution in [2.45, 2.75) is 25.7 Å². The Labute approximate surface area is 102 Å². The van der Waals surface area contributed by atoms with E-state index in [1.807, 2.05) is 24.3 Å². The molecule has 0 bridgehead atoms. The highest BCUT2D eigenvalue weighted by Gasteiger charge is 2.34. The molecule has 1 aliphatic rings. The Balaban J connectivity index is 1.95. The second-order valence-electron chi connectivity index (χ2n) is 4.56. The van der Waals surface area contributed by atoms with Crippen LogP contribution in [0.5, 0.6) is 11.5 Å². The minimum atomic E-state index is -0.264. The Morgan fingerprint density at radius 3 is 2.29 bits per heavy atom. The summed E-state index contributed by atoms with van der Waals surface area (Å²) >= 11 is 0. The van der Waals surface area contributed by atoms with Crippen LogP contribution < -0.4 is 9.47 Å². The predicted octanol–water partition coefficient (Wildman–Crippen LogP) is 3.16. The van der Waals surface area contributed by atoms with Crippen LogP contribution in [0.15, 0.2) is 24.3 Å². The summed E-state index contributed by atoms with van der Waals surface area (Å²) in [6, 6.07) is 9.90. The molecule has 2 rings (SSSR count). The molecule has 17 heavy (non-hydrogen) atoms. The SMILES string of the molecule is COc1ccc(OCC2(C#N)CCCC2)cc1. The van der Waals surface area contributed by atoms with Gasteiger partial charge in [-0.25, -0.2) is 0 Å². The minimum Gasteiger partial charge on any atom is -0.497 e. The Hall–Kier alpha value is -1.69. The summed E-state index contributed by atoms with van der Waals surface area (Å²) in [6.07, 6.45) is 4.19. The number of nitriles is 1. The Morgan fingerprint density at radius 2 is 1.76 bits per heavy atom. The lowest BCUT2D eigenvalue weighted by molar-refractivity contribution is 0.201. The van der Waals surface area contributed by atoms with E-state index in [1.165, 1.54) is 0 Å². The average molecular weight is 231 g/mol. The standard InChI is InChI=1S/C14H17NO2/c1-16-12-4-6-13(7-5-12)17-11-14(10-15)8-2-3-9-14/h4-7H,2-3,8-9,11H2,1H3. The summed E-state index contributed by atoms with van der Waals surface area (Å²) in [4.78, 5) is 0. The van der Waals surface area contributed by atoms with E-state index in [4.69, 9.17) is 9.47 Å². The molecule has 1 aliphatic carbocycles. The second-order valence-corrected chi connectivity index (χ2v) is 4.56. The highest BCUT2D eigenvalue weighted by molar-refractivity contribution is 5.31. The molecular weight excluding hydrogens is 214 g/mol. The van der Waals surface area contributed by atoms with E-state index in [0.717, 1.165) is 37.2 Å². The fourth-order valence-corrected chi connectivity index (χ4v) is 2.23. The van der Waals surface area contributed by atoms with Crippen molar-refractivity contribution in [3.8, 4) is 17.6 Å². The van der Waals surface area contributed by atoms with Gasteiger partial charge in [0.15, 0.2) is 0 Å². The van der Waals surface area contributed by atoms with Crippen molar-refractivity contribution < 1.29 is 9.47 Å². The minimum absolute atomic E-state index is 0.264. The molecule has 0 heterocycles. The molecule has 0 aliphatic heterocycles. The number of hydrogen-bond donors (Lipinski definition) is 0. The first-order valence-electron chi connectivity index (χ1n) is 5.96. The zero-order valence-corrected chi connectivity index (χ0v) is 10.1. The molecule has 1 aromatic rings. The fraction of sp³-hybridized carbons (Fsp3) is 0.500. The summed E-state index contributed by atoms with van der Waals surface area (Å²) < 4.78 is 10.8. The third kappa shape index (κ3) is 2.71. The third-order valence-electron chi connectivity index (χ3n) is 3.37. The van der Waals surface area contributed by atoms with Crippen LogP contribution in [-0.2, 0) is 0 Å². The van der Waals surface area contributed by atoms with Gasteiger partial charge in [0.05, 0.1) is 18.6 Å². The van der Waals surface area contributed by atoms with Gasteiger partial charge in [-0.3, -0.25) is 0 Å². The molecule has 0 radical (unpaired) electrons. The molecule has 3 nitrogen and oxygen atoms in total. The number of ether oxygens (including phenoxy) is 2. The van der Waals surface area contributed by atoms with Gasteiger partial charge in [-0.2, -0.15) is 5.26 Å². The smallest absolute Gasteiger partial charge is 0.119 e. The van der Waals surface area contributed by atoms with Crippen LogP contribution in [0.2, 0.25) is 0 Å². The Bertz CT molecular complexity index is 399. The Morgan fingerprint density at radius 1 is 1.18 bits per heavy atom. The van der Waals surface area contributed by atoms with Gasteiger partial charge >= 0.3 is 0 Å². The number of methoxy groups -OCH3 is 1. The first kappa shape index (κ1) is 11.8. The molecule has 0 spiro atoms. The highest BCUT2D eigenvalue weighted by Crippen LogP contribution is 2.37.